The summed E-state index contributed by atoms with van der Waals surface area (Å²) in [7, 11) is 1.29. The van der Waals surface area contributed by atoms with Gasteiger partial charge in [-0.15, -0.1) is 0 Å². The first-order chi connectivity index (χ1) is 16.8. The monoisotopic (exact) mass is 486 g/mol. The van der Waals surface area contributed by atoms with Crippen molar-refractivity contribution in [1.29, 1.82) is 0 Å². The van der Waals surface area contributed by atoms with Crippen molar-refractivity contribution < 1.29 is 27.4 Å². The van der Waals surface area contributed by atoms with Gasteiger partial charge in [-0.1, -0.05) is 6.07 Å². The average Bonchev–Trinajstić information content (AvgIpc) is 3.65. The normalized spacial score (nSPS) is 14.3. The Bertz CT molecular complexity index is 1150. The fourth-order valence-corrected chi connectivity index (χ4v) is 3.59. The highest BCUT2D eigenvalue weighted by atomic mass is 19.4. The predicted molar refractivity (Wildman–Crippen MR) is 122 cm³/mol. The van der Waals surface area contributed by atoms with Gasteiger partial charge in [0.1, 0.15) is 22.8 Å². The summed E-state index contributed by atoms with van der Waals surface area (Å²) < 4.78 is 50.4. The molecule has 3 aromatic rings. The molecule has 7 nitrogen and oxygen atoms in total. The van der Waals surface area contributed by atoms with Crippen LogP contribution in [0, 0.1) is 0 Å². The molecule has 35 heavy (non-hydrogen) atoms. The Labute approximate surface area is 200 Å². The zero-order chi connectivity index (χ0) is 24.9. The summed E-state index contributed by atoms with van der Waals surface area (Å²) in [4.78, 5) is 21.0. The number of aromatic nitrogens is 2. The number of hydrogen-bond acceptors (Lipinski definition) is 6. The SMILES string of the molecule is COc1ccc(Oc2ccc(CNC(=O)C3(NCCc4cccnc4)CC3)nc2)c(C(F)(F)F)c1. The molecule has 2 N–H and O–H groups in total. The van der Waals surface area contributed by atoms with E-state index < -0.39 is 17.3 Å². The summed E-state index contributed by atoms with van der Waals surface area (Å²) in [5.74, 6) is -0.228. The molecule has 10 heteroatoms. The summed E-state index contributed by atoms with van der Waals surface area (Å²) in [6.45, 7) is 0.857. The number of hydrogen-bond donors (Lipinski definition) is 2. The van der Waals surface area contributed by atoms with Crippen LogP contribution >= 0.6 is 0 Å². The van der Waals surface area contributed by atoms with Crippen molar-refractivity contribution in [3.63, 3.8) is 0 Å². The quantitative estimate of drug-likeness (QED) is 0.445. The van der Waals surface area contributed by atoms with Crippen LogP contribution in [0.3, 0.4) is 0 Å². The first-order valence-corrected chi connectivity index (χ1v) is 11.1. The average molecular weight is 486 g/mol. The van der Waals surface area contributed by atoms with Gasteiger partial charge in [0.25, 0.3) is 0 Å². The van der Waals surface area contributed by atoms with Gasteiger partial charge in [-0.25, -0.2) is 0 Å². The lowest BCUT2D eigenvalue weighted by Gasteiger charge is -2.17. The Morgan fingerprint density at radius 1 is 1.11 bits per heavy atom. The van der Waals surface area contributed by atoms with E-state index in [4.69, 9.17) is 9.47 Å². The first-order valence-electron chi connectivity index (χ1n) is 11.1. The molecule has 1 aliphatic rings. The molecule has 0 atom stereocenters. The minimum absolute atomic E-state index is 0.0777. The van der Waals surface area contributed by atoms with Crippen molar-refractivity contribution in [3.05, 3.63) is 77.9 Å². The van der Waals surface area contributed by atoms with Crippen LogP contribution in [0.1, 0.15) is 29.7 Å². The Morgan fingerprint density at radius 2 is 1.91 bits per heavy atom. The van der Waals surface area contributed by atoms with E-state index in [0.717, 1.165) is 30.9 Å². The maximum Gasteiger partial charge on any atom is 0.420 e. The molecule has 0 aliphatic heterocycles. The topological polar surface area (TPSA) is 85.4 Å². The minimum Gasteiger partial charge on any atom is -0.497 e. The van der Waals surface area contributed by atoms with Crippen LogP contribution < -0.4 is 20.1 Å². The van der Waals surface area contributed by atoms with Crippen LogP contribution in [0.4, 0.5) is 13.2 Å². The molecule has 2 aromatic heterocycles. The molecule has 0 spiro atoms. The second-order valence-corrected chi connectivity index (χ2v) is 8.25. The number of carbonyl (C=O) groups is 1. The summed E-state index contributed by atoms with van der Waals surface area (Å²) in [6, 6.07) is 10.5. The third kappa shape index (κ3) is 6.27. The molecule has 2 heterocycles. The highest BCUT2D eigenvalue weighted by Crippen LogP contribution is 2.40. The molecule has 1 aromatic carbocycles. The first kappa shape index (κ1) is 24.5. The van der Waals surface area contributed by atoms with E-state index in [1.807, 2.05) is 12.1 Å². The highest BCUT2D eigenvalue weighted by molar-refractivity contribution is 5.89. The third-order valence-corrected chi connectivity index (χ3v) is 5.73. The second-order valence-electron chi connectivity index (χ2n) is 8.25. The molecule has 0 saturated heterocycles. The lowest BCUT2D eigenvalue weighted by atomic mass is 10.2. The molecule has 0 radical (unpaired) electrons. The summed E-state index contributed by atoms with van der Waals surface area (Å²) >= 11 is 0. The Kier molecular flexibility index (Phi) is 7.20. The van der Waals surface area contributed by atoms with E-state index in [9.17, 15) is 18.0 Å². The number of nitrogens with one attached hydrogen (secondary N) is 2. The van der Waals surface area contributed by atoms with Gasteiger partial charge in [0, 0.05) is 18.9 Å². The molecule has 1 aliphatic carbocycles. The molecular formula is C25H25F3N4O3. The fraction of sp³-hybridized carbons (Fsp3) is 0.320. The largest absolute Gasteiger partial charge is 0.497 e. The van der Waals surface area contributed by atoms with Crippen molar-refractivity contribution in [3.8, 4) is 17.2 Å². The molecule has 184 valence electrons. The van der Waals surface area contributed by atoms with Gasteiger partial charge in [-0.2, -0.15) is 13.2 Å². The summed E-state index contributed by atoms with van der Waals surface area (Å²) in [5, 5.41) is 6.22. The zero-order valence-electron chi connectivity index (χ0n) is 19.1. The number of amides is 1. The van der Waals surface area contributed by atoms with Crippen LogP contribution in [0.2, 0.25) is 0 Å². The second kappa shape index (κ2) is 10.3. The van der Waals surface area contributed by atoms with Gasteiger partial charge < -0.3 is 20.1 Å². The van der Waals surface area contributed by atoms with E-state index in [-0.39, 0.29) is 29.7 Å². The van der Waals surface area contributed by atoms with E-state index in [1.54, 1.807) is 18.5 Å². The third-order valence-electron chi connectivity index (χ3n) is 5.73. The molecule has 0 bridgehead atoms. The van der Waals surface area contributed by atoms with Gasteiger partial charge in [-0.3, -0.25) is 14.8 Å². The number of benzene rings is 1. The lowest BCUT2D eigenvalue weighted by Crippen LogP contribution is -2.47. The van der Waals surface area contributed by atoms with Crippen molar-refractivity contribution in [2.75, 3.05) is 13.7 Å². The zero-order valence-corrected chi connectivity index (χ0v) is 19.1. The maximum atomic E-state index is 13.4. The Balaban J connectivity index is 1.30. The molecule has 1 amide bonds. The Hall–Kier alpha value is -3.66. The number of rotatable bonds is 10. The van der Waals surface area contributed by atoms with E-state index in [0.29, 0.717) is 12.2 Å². The maximum absolute atomic E-state index is 13.4. The number of halogens is 3. The van der Waals surface area contributed by atoms with E-state index >= 15 is 0 Å². The van der Waals surface area contributed by atoms with Crippen molar-refractivity contribution >= 4 is 5.91 Å². The van der Waals surface area contributed by atoms with Gasteiger partial charge in [0.2, 0.25) is 5.91 Å². The minimum atomic E-state index is -4.60. The summed E-state index contributed by atoms with van der Waals surface area (Å²) in [5.41, 5.74) is 0.148. The van der Waals surface area contributed by atoms with Crippen molar-refractivity contribution in [2.45, 2.75) is 37.5 Å². The van der Waals surface area contributed by atoms with Crippen LogP contribution in [0.25, 0.3) is 0 Å². The fourth-order valence-electron chi connectivity index (χ4n) is 3.59. The van der Waals surface area contributed by atoms with Crippen LogP contribution in [0.5, 0.6) is 17.2 Å². The van der Waals surface area contributed by atoms with Gasteiger partial charge in [0.05, 0.1) is 31.1 Å². The predicted octanol–water partition coefficient (Wildman–Crippen LogP) is 4.28. The number of ether oxygens (including phenoxy) is 2. The van der Waals surface area contributed by atoms with Gasteiger partial charge in [-0.05, 0) is 61.2 Å². The number of pyridine rings is 2. The Morgan fingerprint density at radius 3 is 2.54 bits per heavy atom. The molecular weight excluding hydrogens is 461 g/mol. The van der Waals surface area contributed by atoms with Crippen LogP contribution in [0.15, 0.2) is 61.1 Å². The van der Waals surface area contributed by atoms with E-state index in [2.05, 4.69) is 20.6 Å². The number of methoxy groups -OCH3 is 1. The highest BCUT2D eigenvalue weighted by Gasteiger charge is 2.49. The number of carbonyl (C=O) groups excluding carboxylic acids is 1. The summed E-state index contributed by atoms with van der Waals surface area (Å²) in [6.07, 6.45) is 2.54. The smallest absolute Gasteiger partial charge is 0.420 e. The van der Waals surface area contributed by atoms with Crippen LogP contribution in [-0.2, 0) is 23.9 Å². The lowest BCUT2D eigenvalue weighted by molar-refractivity contribution is -0.138. The van der Waals surface area contributed by atoms with Gasteiger partial charge >= 0.3 is 6.18 Å². The number of alkyl halides is 3. The van der Waals surface area contributed by atoms with Crippen molar-refractivity contribution in [1.82, 2.24) is 20.6 Å². The molecule has 0 unspecified atom stereocenters. The van der Waals surface area contributed by atoms with Crippen molar-refractivity contribution in [2.24, 2.45) is 0 Å². The standard InChI is InChI=1S/C25H25F3N4O3/c1-34-19-6-7-22(21(13-19)25(26,27)28)35-20-5-4-18(30-16-20)15-31-23(33)24(9-10-24)32-12-8-17-3-2-11-29-14-17/h2-7,11,13-14,16,32H,8-10,12,15H2,1H3,(H,31,33). The number of nitrogens with zero attached hydrogens (tertiary/aromatic N) is 2. The molecule has 1 fully saturated rings. The molecule has 4 rings (SSSR count). The van der Waals surface area contributed by atoms with Gasteiger partial charge in [0.15, 0.2) is 0 Å². The van der Waals surface area contributed by atoms with Crippen LogP contribution in [-0.4, -0.2) is 35.1 Å². The molecule has 1 saturated carbocycles. The van der Waals surface area contributed by atoms with E-state index in [1.165, 1.54) is 31.5 Å².